The van der Waals surface area contributed by atoms with Crippen LogP contribution < -0.4 is 5.32 Å². The lowest BCUT2D eigenvalue weighted by atomic mass is 10.1. The summed E-state index contributed by atoms with van der Waals surface area (Å²) < 4.78 is 0. The summed E-state index contributed by atoms with van der Waals surface area (Å²) in [6.07, 6.45) is 2.77. The Hall–Kier alpha value is -0.860. The minimum atomic E-state index is -0.209. The zero-order chi connectivity index (χ0) is 11.8. The van der Waals surface area contributed by atoms with Gasteiger partial charge >= 0.3 is 0 Å². The Morgan fingerprint density at radius 1 is 1.19 bits per heavy atom. The lowest BCUT2D eigenvalue weighted by Crippen LogP contribution is -2.26. The minimum Gasteiger partial charge on any atom is -0.392 e. The molecule has 1 aromatic rings. The van der Waals surface area contributed by atoms with Crippen molar-refractivity contribution in [3.63, 3.8) is 0 Å². The molecule has 0 bridgehead atoms. The number of aliphatic hydroxyl groups is 1. The predicted octanol–water partition coefficient (Wildman–Crippen LogP) is 2.50. The quantitative estimate of drug-likeness (QED) is 0.741. The first-order valence-corrected chi connectivity index (χ1v) is 6.23. The van der Waals surface area contributed by atoms with Gasteiger partial charge in [0.25, 0.3) is 0 Å². The summed E-state index contributed by atoms with van der Waals surface area (Å²) >= 11 is 0. The molecule has 2 heteroatoms. The van der Waals surface area contributed by atoms with Gasteiger partial charge in [0.1, 0.15) is 0 Å². The van der Waals surface area contributed by atoms with Crippen LogP contribution in [0.3, 0.4) is 0 Å². The Morgan fingerprint density at radius 3 is 2.50 bits per heavy atom. The van der Waals surface area contributed by atoms with Crippen LogP contribution in [0, 0.1) is 0 Å². The third kappa shape index (κ3) is 4.33. The third-order valence-electron chi connectivity index (χ3n) is 2.82. The fraction of sp³-hybridized carbons (Fsp3) is 0.571. The van der Waals surface area contributed by atoms with Crippen LogP contribution in [-0.2, 0) is 13.0 Å². The molecule has 2 nitrogen and oxygen atoms in total. The molecule has 1 rings (SSSR count). The molecule has 0 aromatic heterocycles. The van der Waals surface area contributed by atoms with E-state index in [1.807, 2.05) is 0 Å². The smallest absolute Gasteiger partial charge is 0.0664 e. The second-order valence-corrected chi connectivity index (χ2v) is 4.20. The summed E-state index contributed by atoms with van der Waals surface area (Å²) in [4.78, 5) is 0. The van der Waals surface area contributed by atoms with Gasteiger partial charge < -0.3 is 10.4 Å². The van der Waals surface area contributed by atoms with Gasteiger partial charge in [0.2, 0.25) is 0 Å². The lowest BCUT2D eigenvalue weighted by molar-refractivity contribution is 0.160. The van der Waals surface area contributed by atoms with E-state index >= 15 is 0 Å². The molecule has 16 heavy (non-hydrogen) atoms. The van der Waals surface area contributed by atoms with E-state index in [2.05, 4.69) is 43.4 Å². The van der Waals surface area contributed by atoms with Gasteiger partial charge in [0, 0.05) is 13.1 Å². The Balaban J connectivity index is 2.36. The predicted molar refractivity (Wildman–Crippen MR) is 68.4 cm³/mol. The van der Waals surface area contributed by atoms with E-state index in [9.17, 15) is 5.11 Å². The van der Waals surface area contributed by atoms with Crippen molar-refractivity contribution in [1.82, 2.24) is 5.32 Å². The Kier molecular flexibility index (Phi) is 6.12. The van der Waals surface area contributed by atoms with E-state index in [4.69, 9.17) is 0 Å². The molecule has 90 valence electrons. The first-order valence-electron chi connectivity index (χ1n) is 6.23. The van der Waals surface area contributed by atoms with Gasteiger partial charge in [0.05, 0.1) is 6.10 Å². The molecule has 0 heterocycles. The normalized spacial score (nSPS) is 12.7. The van der Waals surface area contributed by atoms with Crippen LogP contribution in [0.4, 0.5) is 0 Å². The molecular weight excluding hydrogens is 198 g/mol. The largest absolute Gasteiger partial charge is 0.392 e. The standard InChI is InChI=1S/C14H23NO/c1-3-7-14(16)11-15-10-13-9-6-5-8-12(13)4-2/h5-6,8-9,14-16H,3-4,7,10-11H2,1-2H3. The van der Waals surface area contributed by atoms with Crippen molar-refractivity contribution in [2.45, 2.75) is 45.8 Å². The number of benzene rings is 1. The summed E-state index contributed by atoms with van der Waals surface area (Å²) in [7, 11) is 0. The highest BCUT2D eigenvalue weighted by Gasteiger charge is 2.03. The van der Waals surface area contributed by atoms with Crippen LogP contribution in [0.2, 0.25) is 0 Å². The Labute approximate surface area is 98.7 Å². The second-order valence-electron chi connectivity index (χ2n) is 4.20. The summed E-state index contributed by atoms with van der Waals surface area (Å²) in [5.41, 5.74) is 2.73. The van der Waals surface area contributed by atoms with Crippen molar-refractivity contribution in [3.8, 4) is 0 Å². The van der Waals surface area contributed by atoms with Crippen LogP contribution in [0.25, 0.3) is 0 Å². The van der Waals surface area contributed by atoms with E-state index in [0.717, 1.165) is 25.8 Å². The van der Waals surface area contributed by atoms with Crippen molar-refractivity contribution < 1.29 is 5.11 Å². The van der Waals surface area contributed by atoms with Gasteiger partial charge in [-0.1, -0.05) is 44.5 Å². The topological polar surface area (TPSA) is 32.3 Å². The zero-order valence-electron chi connectivity index (χ0n) is 10.4. The monoisotopic (exact) mass is 221 g/mol. The van der Waals surface area contributed by atoms with Gasteiger partial charge in [-0.05, 0) is 24.0 Å². The molecule has 0 spiro atoms. The van der Waals surface area contributed by atoms with Gasteiger partial charge in [-0.15, -0.1) is 0 Å². The van der Waals surface area contributed by atoms with Crippen LogP contribution >= 0.6 is 0 Å². The number of hydrogen-bond acceptors (Lipinski definition) is 2. The zero-order valence-corrected chi connectivity index (χ0v) is 10.4. The van der Waals surface area contributed by atoms with Crippen LogP contribution in [0.15, 0.2) is 24.3 Å². The van der Waals surface area contributed by atoms with E-state index in [1.54, 1.807) is 0 Å². The van der Waals surface area contributed by atoms with Crippen LogP contribution in [-0.4, -0.2) is 17.8 Å². The number of aryl methyl sites for hydroxylation is 1. The first-order chi connectivity index (χ1) is 7.77. The third-order valence-corrected chi connectivity index (χ3v) is 2.82. The molecule has 0 fully saturated rings. The van der Waals surface area contributed by atoms with Crippen molar-refractivity contribution in [2.24, 2.45) is 0 Å². The van der Waals surface area contributed by atoms with Gasteiger partial charge in [-0.3, -0.25) is 0 Å². The molecule has 2 N–H and O–H groups in total. The highest BCUT2D eigenvalue weighted by molar-refractivity contribution is 5.26. The van der Waals surface area contributed by atoms with E-state index in [-0.39, 0.29) is 6.10 Å². The Bertz CT molecular complexity index is 299. The lowest BCUT2D eigenvalue weighted by Gasteiger charge is -2.12. The van der Waals surface area contributed by atoms with E-state index in [0.29, 0.717) is 6.54 Å². The van der Waals surface area contributed by atoms with Gasteiger partial charge in [-0.25, -0.2) is 0 Å². The highest BCUT2D eigenvalue weighted by Crippen LogP contribution is 2.08. The maximum atomic E-state index is 9.59. The molecule has 1 unspecified atom stereocenters. The fourth-order valence-electron chi connectivity index (χ4n) is 1.88. The summed E-state index contributed by atoms with van der Waals surface area (Å²) in [5.74, 6) is 0. The number of nitrogens with one attached hydrogen (secondary N) is 1. The molecule has 1 atom stereocenters. The van der Waals surface area contributed by atoms with Crippen molar-refractivity contribution in [1.29, 1.82) is 0 Å². The fourth-order valence-corrected chi connectivity index (χ4v) is 1.88. The summed E-state index contributed by atoms with van der Waals surface area (Å²) in [5, 5.41) is 12.9. The second kappa shape index (κ2) is 7.42. The van der Waals surface area contributed by atoms with Gasteiger partial charge in [0.15, 0.2) is 0 Å². The molecule has 0 radical (unpaired) electrons. The maximum absolute atomic E-state index is 9.59. The molecule has 0 aliphatic carbocycles. The summed E-state index contributed by atoms with van der Waals surface area (Å²) in [6, 6.07) is 8.46. The average molecular weight is 221 g/mol. The number of aliphatic hydroxyl groups excluding tert-OH is 1. The molecular formula is C14H23NO. The number of rotatable bonds is 7. The molecule has 0 saturated carbocycles. The molecule has 0 amide bonds. The SMILES string of the molecule is CCCC(O)CNCc1ccccc1CC. The van der Waals surface area contributed by atoms with E-state index in [1.165, 1.54) is 11.1 Å². The minimum absolute atomic E-state index is 0.209. The van der Waals surface area contributed by atoms with Crippen molar-refractivity contribution in [3.05, 3.63) is 35.4 Å². The van der Waals surface area contributed by atoms with Crippen molar-refractivity contribution in [2.75, 3.05) is 6.54 Å². The molecule has 1 aromatic carbocycles. The average Bonchev–Trinajstić information content (AvgIpc) is 2.30. The number of hydrogen-bond donors (Lipinski definition) is 2. The first kappa shape index (κ1) is 13.2. The van der Waals surface area contributed by atoms with Gasteiger partial charge in [-0.2, -0.15) is 0 Å². The van der Waals surface area contributed by atoms with Crippen LogP contribution in [0.1, 0.15) is 37.8 Å². The summed E-state index contributed by atoms with van der Waals surface area (Å²) in [6.45, 7) is 5.80. The molecule has 0 aliphatic rings. The molecule has 0 saturated heterocycles. The Morgan fingerprint density at radius 2 is 1.88 bits per heavy atom. The maximum Gasteiger partial charge on any atom is 0.0664 e. The van der Waals surface area contributed by atoms with Crippen molar-refractivity contribution >= 4 is 0 Å². The van der Waals surface area contributed by atoms with E-state index < -0.39 is 0 Å². The van der Waals surface area contributed by atoms with Crippen LogP contribution in [0.5, 0.6) is 0 Å². The highest BCUT2D eigenvalue weighted by atomic mass is 16.3. The molecule has 0 aliphatic heterocycles.